The number of benzene rings is 1. The summed E-state index contributed by atoms with van der Waals surface area (Å²) in [5, 5.41) is 3.32. The third-order valence-electron chi connectivity index (χ3n) is 3.89. The first-order valence-electron chi connectivity index (χ1n) is 7.74. The molecule has 0 heterocycles. The molecular weight excluding hydrogens is 266 g/mol. The van der Waals surface area contributed by atoms with Gasteiger partial charge in [0.2, 0.25) is 0 Å². The fourth-order valence-electron chi connectivity index (χ4n) is 2.59. The van der Waals surface area contributed by atoms with Crippen molar-refractivity contribution in [2.45, 2.75) is 39.2 Å². The van der Waals surface area contributed by atoms with Gasteiger partial charge in [-0.05, 0) is 51.3 Å². The summed E-state index contributed by atoms with van der Waals surface area (Å²) in [5.74, 6) is 0.899. The van der Waals surface area contributed by atoms with Gasteiger partial charge in [-0.2, -0.15) is 0 Å². The summed E-state index contributed by atoms with van der Waals surface area (Å²) >= 11 is 0. The van der Waals surface area contributed by atoms with Gasteiger partial charge >= 0.3 is 5.97 Å². The van der Waals surface area contributed by atoms with Crippen LogP contribution in [0.2, 0.25) is 0 Å². The van der Waals surface area contributed by atoms with Crippen molar-refractivity contribution >= 4 is 5.97 Å². The third kappa shape index (κ3) is 3.76. The molecule has 1 unspecified atom stereocenters. The lowest BCUT2D eigenvalue weighted by Crippen LogP contribution is -2.59. The Morgan fingerprint density at radius 3 is 2.48 bits per heavy atom. The lowest BCUT2D eigenvalue weighted by atomic mass is 9.94. The number of aryl methyl sites for hydroxylation is 1. The number of carbonyl (C=O) groups is 1. The zero-order valence-electron chi connectivity index (χ0n) is 13.1. The summed E-state index contributed by atoms with van der Waals surface area (Å²) in [6.07, 6.45) is 2.09. The molecule has 4 nitrogen and oxygen atoms in total. The number of hydrogen-bond donors (Lipinski definition) is 1. The van der Waals surface area contributed by atoms with E-state index in [1.54, 1.807) is 0 Å². The van der Waals surface area contributed by atoms with Crippen LogP contribution in [0.1, 0.15) is 32.3 Å². The summed E-state index contributed by atoms with van der Waals surface area (Å²) in [5.41, 5.74) is 0.475. The zero-order valence-corrected chi connectivity index (χ0v) is 13.1. The van der Waals surface area contributed by atoms with E-state index in [-0.39, 0.29) is 5.97 Å². The van der Waals surface area contributed by atoms with E-state index < -0.39 is 5.54 Å². The quantitative estimate of drug-likeness (QED) is 0.748. The van der Waals surface area contributed by atoms with Gasteiger partial charge in [-0.25, -0.2) is 4.79 Å². The molecule has 0 aromatic heterocycles. The van der Waals surface area contributed by atoms with Crippen LogP contribution in [0.25, 0.3) is 0 Å². The van der Waals surface area contributed by atoms with Gasteiger partial charge in [-0.1, -0.05) is 24.6 Å². The molecule has 116 valence electrons. The molecule has 1 aromatic rings. The van der Waals surface area contributed by atoms with Crippen molar-refractivity contribution in [2.24, 2.45) is 5.92 Å². The van der Waals surface area contributed by atoms with Crippen molar-refractivity contribution in [3.63, 3.8) is 0 Å². The van der Waals surface area contributed by atoms with Gasteiger partial charge in [-0.3, -0.25) is 5.32 Å². The molecule has 1 fully saturated rings. The van der Waals surface area contributed by atoms with Crippen LogP contribution in [0.4, 0.5) is 0 Å². The molecule has 1 atom stereocenters. The minimum absolute atomic E-state index is 0.193. The minimum atomic E-state index is -0.713. The van der Waals surface area contributed by atoms with Crippen LogP contribution in [0, 0.1) is 12.8 Å². The molecule has 1 N–H and O–H groups in total. The van der Waals surface area contributed by atoms with Crippen molar-refractivity contribution in [3.8, 4) is 5.75 Å². The monoisotopic (exact) mass is 291 g/mol. The Labute approximate surface area is 126 Å². The van der Waals surface area contributed by atoms with Crippen LogP contribution in [-0.4, -0.2) is 31.3 Å². The normalized spacial score (nSPS) is 17.1. The Morgan fingerprint density at radius 2 is 1.95 bits per heavy atom. The van der Waals surface area contributed by atoms with Crippen molar-refractivity contribution < 1.29 is 14.3 Å². The molecule has 0 saturated heterocycles. The van der Waals surface area contributed by atoms with Gasteiger partial charge in [-0.15, -0.1) is 0 Å². The van der Waals surface area contributed by atoms with E-state index in [1.165, 1.54) is 5.56 Å². The van der Waals surface area contributed by atoms with E-state index in [1.807, 2.05) is 45.0 Å². The Morgan fingerprint density at radius 1 is 1.29 bits per heavy atom. The molecular formula is C17H25NO3. The maximum absolute atomic E-state index is 12.4. The third-order valence-corrected chi connectivity index (χ3v) is 3.89. The number of carbonyl (C=O) groups excluding carboxylic acids is 1. The molecule has 0 bridgehead atoms. The van der Waals surface area contributed by atoms with Crippen LogP contribution >= 0.6 is 0 Å². The van der Waals surface area contributed by atoms with Crippen LogP contribution in [0.15, 0.2) is 24.3 Å². The van der Waals surface area contributed by atoms with Gasteiger partial charge in [0.15, 0.2) is 5.54 Å². The molecule has 0 amide bonds. The summed E-state index contributed by atoms with van der Waals surface area (Å²) in [4.78, 5) is 12.4. The first-order chi connectivity index (χ1) is 10.1. The smallest absolute Gasteiger partial charge is 0.330 e. The summed E-state index contributed by atoms with van der Waals surface area (Å²) in [6, 6.07) is 7.88. The van der Waals surface area contributed by atoms with E-state index in [2.05, 4.69) is 5.32 Å². The van der Waals surface area contributed by atoms with Gasteiger partial charge in [0.05, 0.1) is 6.61 Å². The molecule has 0 aliphatic heterocycles. The van der Waals surface area contributed by atoms with Crippen LogP contribution in [-0.2, 0) is 9.53 Å². The van der Waals surface area contributed by atoms with E-state index in [0.717, 1.165) is 18.6 Å². The highest BCUT2D eigenvalue weighted by Crippen LogP contribution is 2.41. The molecule has 0 radical (unpaired) electrons. The van der Waals surface area contributed by atoms with E-state index in [9.17, 15) is 4.79 Å². The Kier molecular flexibility index (Phi) is 5.23. The van der Waals surface area contributed by atoms with Gasteiger partial charge < -0.3 is 9.47 Å². The maximum Gasteiger partial charge on any atom is 0.330 e. The number of hydrogen-bond acceptors (Lipinski definition) is 4. The summed E-state index contributed by atoms with van der Waals surface area (Å²) in [7, 11) is 0. The van der Waals surface area contributed by atoms with Crippen molar-refractivity contribution in [2.75, 3.05) is 19.8 Å². The predicted octanol–water partition coefficient (Wildman–Crippen LogP) is 2.70. The summed E-state index contributed by atoms with van der Waals surface area (Å²) < 4.78 is 11.2. The standard InChI is InChI=1S/C17H25NO3/c1-4-18-17(14-8-9-14,16(19)20-5-2)12-21-15-10-6-13(3)7-11-15/h6-7,10-11,14,18H,4-5,8-9,12H2,1-3H3. The van der Waals surface area contributed by atoms with Crippen molar-refractivity contribution in [1.82, 2.24) is 5.32 Å². The van der Waals surface area contributed by atoms with E-state index in [0.29, 0.717) is 25.7 Å². The minimum Gasteiger partial charge on any atom is -0.491 e. The van der Waals surface area contributed by atoms with Gasteiger partial charge in [0, 0.05) is 0 Å². The largest absolute Gasteiger partial charge is 0.491 e. The molecule has 2 rings (SSSR count). The number of nitrogens with one attached hydrogen (secondary N) is 1. The number of likely N-dealkylation sites (N-methyl/N-ethyl adjacent to an activating group) is 1. The zero-order chi connectivity index (χ0) is 15.3. The second-order valence-corrected chi connectivity index (χ2v) is 5.60. The molecule has 1 aliphatic rings. The Bertz CT molecular complexity index is 467. The molecule has 21 heavy (non-hydrogen) atoms. The average Bonchev–Trinajstić information content (AvgIpc) is 3.30. The number of rotatable bonds is 8. The highest BCUT2D eigenvalue weighted by atomic mass is 16.5. The summed E-state index contributed by atoms with van der Waals surface area (Å²) in [6.45, 7) is 7.29. The van der Waals surface area contributed by atoms with Gasteiger partial charge in [0.1, 0.15) is 12.4 Å². The SMILES string of the molecule is CCNC(COc1ccc(C)cc1)(C(=O)OCC)C1CC1. The average molecular weight is 291 g/mol. The highest BCUT2D eigenvalue weighted by Gasteiger charge is 2.52. The lowest BCUT2D eigenvalue weighted by Gasteiger charge is -2.32. The predicted molar refractivity (Wildman–Crippen MR) is 82.4 cm³/mol. The van der Waals surface area contributed by atoms with Crippen LogP contribution < -0.4 is 10.1 Å². The van der Waals surface area contributed by atoms with Crippen molar-refractivity contribution in [3.05, 3.63) is 29.8 Å². The molecule has 1 aromatic carbocycles. The van der Waals surface area contributed by atoms with E-state index >= 15 is 0 Å². The Hall–Kier alpha value is -1.55. The fourth-order valence-corrected chi connectivity index (χ4v) is 2.59. The second-order valence-electron chi connectivity index (χ2n) is 5.60. The molecule has 4 heteroatoms. The van der Waals surface area contributed by atoms with Crippen LogP contribution in [0.3, 0.4) is 0 Å². The molecule has 1 saturated carbocycles. The maximum atomic E-state index is 12.4. The lowest BCUT2D eigenvalue weighted by molar-refractivity contribution is -0.154. The topological polar surface area (TPSA) is 47.6 Å². The van der Waals surface area contributed by atoms with E-state index in [4.69, 9.17) is 9.47 Å². The number of esters is 1. The Balaban J connectivity index is 2.11. The first kappa shape index (κ1) is 15.8. The highest BCUT2D eigenvalue weighted by molar-refractivity contribution is 5.82. The second kappa shape index (κ2) is 6.94. The van der Waals surface area contributed by atoms with Gasteiger partial charge in [0.25, 0.3) is 0 Å². The molecule has 0 spiro atoms. The number of ether oxygens (including phenoxy) is 2. The molecule has 1 aliphatic carbocycles. The van der Waals surface area contributed by atoms with Crippen molar-refractivity contribution in [1.29, 1.82) is 0 Å². The first-order valence-corrected chi connectivity index (χ1v) is 7.74. The van der Waals surface area contributed by atoms with Crippen LogP contribution in [0.5, 0.6) is 5.75 Å². The fraction of sp³-hybridized carbons (Fsp3) is 0.588.